The van der Waals surface area contributed by atoms with Crippen LogP contribution in [-0.4, -0.2) is 16.3 Å². The van der Waals surface area contributed by atoms with Crippen LogP contribution in [0.25, 0.3) is 82.8 Å². The second kappa shape index (κ2) is 12.3. The van der Waals surface area contributed by atoms with Crippen LogP contribution in [0.5, 0.6) is 23.1 Å². The molecule has 0 radical (unpaired) electrons. The minimum atomic E-state index is -0.0838. The molecule has 0 aliphatic carbocycles. The molecule has 0 saturated carbocycles. The summed E-state index contributed by atoms with van der Waals surface area (Å²) in [5, 5.41) is 4.63. The lowest BCUT2D eigenvalue weighted by atomic mass is 9.35. The number of rotatable bonds is 4. The maximum absolute atomic E-state index is 6.68. The Morgan fingerprint density at radius 1 is 0.407 bits per heavy atom. The Labute approximate surface area is 339 Å². The van der Waals surface area contributed by atoms with Crippen molar-refractivity contribution >= 4 is 66.8 Å². The average molecular weight is 755 g/mol. The first-order chi connectivity index (χ1) is 29.2. The third-order valence-corrected chi connectivity index (χ3v) is 12.2. The van der Waals surface area contributed by atoms with Crippen molar-refractivity contribution in [2.45, 2.75) is 0 Å². The van der Waals surface area contributed by atoms with Crippen LogP contribution in [0.1, 0.15) is 0 Å². The molecule has 3 aromatic heterocycles. The molecule has 0 amide bonds. The van der Waals surface area contributed by atoms with Gasteiger partial charge >= 0.3 is 0 Å². The third kappa shape index (κ3) is 4.90. The van der Waals surface area contributed by atoms with Crippen molar-refractivity contribution in [2.24, 2.45) is 0 Å². The summed E-state index contributed by atoms with van der Waals surface area (Å²) in [6.07, 6.45) is 1.77. The summed E-state index contributed by atoms with van der Waals surface area (Å²) in [5.41, 5.74) is 15.1. The number of hydrogen-bond acceptors (Lipinski definition) is 4. The second-order valence-electron chi connectivity index (χ2n) is 15.5. The van der Waals surface area contributed by atoms with Gasteiger partial charge in [0.25, 0.3) is 6.71 Å². The second-order valence-corrected chi connectivity index (χ2v) is 15.5. The summed E-state index contributed by atoms with van der Waals surface area (Å²) in [7, 11) is 0. The first-order valence-corrected chi connectivity index (χ1v) is 20.0. The zero-order valence-corrected chi connectivity index (χ0v) is 31.6. The average Bonchev–Trinajstić information content (AvgIpc) is 3.84. The Morgan fingerprint density at radius 3 is 1.73 bits per heavy atom. The van der Waals surface area contributed by atoms with E-state index in [1.165, 1.54) is 32.9 Å². The van der Waals surface area contributed by atoms with Crippen molar-refractivity contribution in [3.8, 4) is 62.2 Å². The maximum atomic E-state index is 6.68. The Hall–Kier alpha value is -7.83. The van der Waals surface area contributed by atoms with Crippen LogP contribution in [-0.2, 0) is 0 Å². The normalized spacial score (nSPS) is 12.6. The quantitative estimate of drug-likeness (QED) is 0.168. The van der Waals surface area contributed by atoms with E-state index < -0.39 is 0 Å². The standard InChI is InChI=1S/C53H31BN2O3/c1-2-9-32(10-3-1)33-11-8-12-34(27-33)36-17-22-44-51(30-36)59-53-52-49(25-26-55-53)58-50-29-37(18-21-43(50)54(44)52)35-19-23-47-41(28-35)42-31-38(20-24-48(42)57-47)56-45-15-6-4-13-39(45)40-14-5-7-16-46(40)56/h1-31H. The van der Waals surface area contributed by atoms with Crippen molar-refractivity contribution < 1.29 is 13.9 Å². The lowest BCUT2D eigenvalue weighted by Gasteiger charge is -2.32. The molecule has 0 unspecified atom stereocenters. The lowest BCUT2D eigenvalue weighted by Crippen LogP contribution is -2.57. The van der Waals surface area contributed by atoms with Crippen molar-refractivity contribution in [1.29, 1.82) is 0 Å². The van der Waals surface area contributed by atoms with E-state index in [2.05, 4.69) is 174 Å². The molecule has 2 aliphatic rings. The van der Waals surface area contributed by atoms with Gasteiger partial charge in [-0.2, -0.15) is 0 Å². The number of para-hydroxylation sites is 2. The molecule has 5 heterocycles. The van der Waals surface area contributed by atoms with Crippen LogP contribution in [0, 0.1) is 0 Å². The summed E-state index contributed by atoms with van der Waals surface area (Å²) in [5.74, 6) is 2.99. The summed E-state index contributed by atoms with van der Waals surface area (Å²) in [6.45, 7) is -0.0838. The van der Waals surface area contributed by atoms with Gasteiger partial charge in [0.15, 0.2) is 0 Å². The zero-order valence-electron chi connectivity index (χ0n) is 31.6. The molecule has 0 spiro atoms. The molecule has 13 rings (SSSR count). The molecule has 0 N–H and O–H groups in total. The first kappa shape index (κ1) is 32.3. The summed E-state index contributed by atoms with van der Waals surface area (Å²) in [6, 6.07) is 64.4. The number of aromatic nitrogens is 2. The highest BCUT2D eigenvalue weighted by atomic mass is 16.5. The first-order valence-electron chi connectivity index (χ1n) is 20.0. The lowest BCUT2D eigenvalue weighted by molar-refractivity contribution is 0.451. The summed E-state index contributed by atoms with van der Waals surface area (Å²) >= 11 is 0. The Balaban J connectivity index is 0.893. The molecule has 6 heteroatoms. The molecular weight excluding hydrogens is 723 g/mol. The SMILES string of the molecule is c1ccc(-c2cccc(-c3ccc4c(c3)Oc3nccc5c3B4c3ccc(-c4ccc6oc7ccc(-n8c9ccccc9c9ccccc98)cc7c6c4)cc3O5)c2)cc1. The van der Waals surface area contributed by atoms with Gasteiger partial charge in [0.2, 0.25) is 5.88 Å². The van der Waals surface area contributed by atoms with Crippen LogP contribution in [0.2, 0.25) is 0 Å². The van der Waals surface area contributed by atoms with E-state index >= 15 is 0 Å². The van der Waals surface area contributed by atoms with Gasteiger partial charge in [-0.25, -0.2) is 4.98 Å². The van der Waals surface area contributed by atoms with Gasteiger partial charge in [-0.15, -0.1) is 0 Å². The van der Waals surface area contributed by atoms with Gasteiger partial charge in [0.05, 0.1) is 11.0 Å². The van der Waals surface area contributed by atoms with Gasteiger partial charge in [0.1, 0.15) is 28.4 Å². The molecule has 5 nitrogen and oxygen atoms in total. The van der Waals surface area contributed by atoms with Crippen LogP contribution < -0.4 is 25.9 Å². The monoisotopic (exact) mass is 754 g/mol. The molecular formula is C53H31BN2O3. The van der Waals surface area contributed by atoms with Crippen LogP contribution in [0.3, 0.4) is 0 Å². The molecule has 11 aromatic rings. The predicted molar refractivity (Wildman–Crippen MR) is 240 cm³/mol. The minimum Gasteiger partial charge on any atom is -0.458 e. The largest absolute Gasteiger partial charge is 0.458 e. The molecule has 274 valence electrons. The molecule has 59 heavy (non-hydrogen) atoms. The van der Waals surface area contributed by atoms with Crippen molar-refractivity contribution in [1.82, 2.24) is 9.55 Å². The van der Waals surface area contributed by atoms with Crippen molar-refractivity contribution in [3.63, 3.8) is 0 Å². The van der Waals surface area contributed by atoms with Gasteiger partial charge in [0, 0.05) is 38.9 Å². The van der Waals surface area contributed by atoms with Crippen molar-refractivity contribution in [3.05, 3.63) is 188 Å². The number of nitrogens with zero attached hydrogens (tertiary/aromatic N) is 2. The van der Waals surface area contributed by atoms with Gasteiger partial charge in [-0.05, 0) is 111 Å². The summed E-state index contributed by atoms with van der Waals surface area (Å²) in [4.78, 5) is 4.69. The smallest absolute Gasteiger partial charge is 0.262 e. The Bertz CT molecular complexity index is 3480. The fraction of sp³-hybridized carbons (Fsp3) is 0. The van der Waals surface area contributed by atoms with Crippen molar-refractivity contribution in [2.75, 3.05) is 0 Å². The third-order valence-electron chi connectivity index (χ3n) is 12.2. The predicted octanol–water partition coefficient (Wildman–Crippen LogP) is 11.8. The van der Waals surface area contributed by atoms with E-state index in [4.69, 9.17) is 18.9 Å². The minimum absolute atomic E-state index is 0.0838. The van der Waals surface area contributed by atoms with E-state index in [1.54, 1.807) is 6.20 Å². The molecule has 8 aromatic carbocycles. The number of fused-ring (bicyclic) bond motifs is 10. The molecule has 0 fully saturated rings. The van der Waals surface area contributed by atoms with E-state index in [0.717, 1.165) is 83.5 Å². The van der Waals surface area contributed by atoms with Gasteiger partial charge < -0.3 is 18.5 Å². The topological polar surface area (TPSA) is 49.4 Å². The van der Waals surface area contributed by atoms with E-state index in [-0.39, 0.29) is 6.71 Å². The number of ether oxygens (including phenoxy) is 2. The molecule has 0 atom stereocenters. The maximum Gasteiger partial charge on any atom is 0.262 e. The fourth-order valence-electron chi connectivity index (χ4n) is 9.45. The number of benzene rings is 8. The molecule has 2 aliphatic heterocycles. The van der Waals surface area contributed by atoms with Crippen LogP contribution in [0.4, 0.5) is 0 Å². The Kier molecular flexibility index (Phi) is 6.75. The van der Waals surface area contributed by atoms with E-state index in [9.17, 15) is 0 Å². The fourth-order valence-corrected chi connectivity index (χ4v) is 9.45. The van der Waals surface area contributed by atoms with Gasteiger partial charge in [-0.3, -0.25) is 0 Å². The van der Waals surface area contributed by atoms with E-state index in [1.807, 2.05) is 12.1 Å². The number of pyridine rings is 1. The van der Waals surface area contributed by atoms with Gasteiger partial charge in [-0.1, -0.05) is 115 Å². The number of furan rings is 1. The van der Waals surface area contributed by atoms with E-state index in [0.29, 0.717) is 5.88 Å². The summed E-state index contributed by atoms with van der Waals surface area (Å²) < 4.78 is 22.0. The van der Waals surface area contributed by atoms with Crippen LogP contribution in [0.15, 0.2) is 193 Å². The van der Waals surface area contributed by atoms with Crippen LogP contribution >= 0.6 is 0 Å². The molecule has 0 saturated heterocycles. The number of hydrogen-bond donors (Lipinski definition) is 0. The zero-order chi connectivity index (χ0) is 38.6. The highest BCUT2D eigenvalue weighted by molar-refractivity contribution is 6.98. The Morgan fingerprint density at radius 2 is 0.983 bits per heavy atom. The highest BCUT2D eigenvalue weighted by Crippen LogP contribution is 2.40. The molecule has 0 bridgehead atoms. The highest BCUT2D eigenvalue weighted by Gasteiger charge is 2.41.